The minimum atomic E-state index is -3.71. The van der Waals surface area contributed by atoms with E-state index in [1.807, 2.05) is 11.8 Å². The van der Waals surface area contributed by atoms with Gasteiger partial charge in [0.1, 0.15) is 0 Å². The summed E-state index contributed by atoms with van der Waals surface area (Å²) < 4.78 is 28.0. The third kappa shape index (κ3) is 4.36. The molecule has 150 valence electrons. The van der Waals surface area contributed by atoms with Gasteiger partial charge in [-0.3, -0.25) is 9.52 Å². The van der Waals surface area contributed by atoms with Gasteiger partial charge in [0.25, 0.3) is 15.9 Å². The van der Waals surface area contributed by atoms with Crippen LogP contribution < -0.4 is 4.72 Å². The maximum absolute atomic E-state index is 13.0. The first-order valence-electron chi connectivity index (χ1n) is 9.52. The van der Waals surface area contributed by atoms with Crippen LogP contribution in [-0.4, -0.2) is 56.8 Å². The van der Waals surface area contributed by atoms with Crippen molar-refractivity contribution >= 4 is 21.6 Å². The summed E-state index contributed by atoms with van der Waals surface area (Å²) in [5.41, 5.74) is 2.60. The normalized spacial score (nSPS) is 15.5. The number of likely N-dealkylation sites (N-methyl/N-ethyl adjacent to an activating group) is 1. The molecule has 2 aromatic carbocycles. The topological polar surface area (TPSA) is 69.7 Å². The number of carbonyl (C=O) groups is 1. The van der Waals surface area contributed by atoms with Crippen LogP contribution in [0.3, 0.4) is 0 Å². The zero-order valence-corrected chi connectivity index (χ0v) is 17.4. The molecule has 0 saturated carbocycles. The Kier molecular flexibility index (Phi) is 6.05. The number of hydrogen-bond donors (Lipinski definition) is 1. The molecule has 1 N–H and O–H groups in total. The number of carbonyl (C=O) groups excluding carboxylic acids is 1. The Balaban J connectivity index is 1.81. The van der Waals surface area contributed by atoms with Crippen LogP contribution in [0.2, 0.25) is 0 Å². The van der Waals surface area contributed by atoms with Crippen molar-refractivity contribution in [2.24, 2.45) is 0 Å². The molecule has 7 heteroatoms. The molecule has 28 heavy (non-hydrogen) atoms. The summed E-state index contributed by atoms with van der Waals surface area (Å²) in [4.78, 5) is 17.3. The number of nitrogens with one attached hydrogen (secondary N) is 1. The van der Waals surface area contributed by atoms with Crippen molar-refractivity contribution in [1.29, 1.82) is 0 Å². The minimum absolute atomic E-state index is 0.0513. The lowest BCUT2D eigenvalue weighted by molar-refractivity contribution is 0.0642. The highest BCUT2D eigenvalue weighted by molar-refractivity contribution is 7.92. The van der Waals surface area contributed by atoms with E-state index < -0.39 is 10.0 Å². The maximum atomic E-state index is 13.0. The van der Waals surface area contributed by atoms with E-state index in [-0.39, 0.29) is 10.8 Å². The van der Waals surface area contributed by atoms with Crippen molar-refractivity contribution in [3.05, 3.63) is 59.2 Å². The van der Waals surface area contributed by atoms with E-state index in [9.17, 15) is 13.2 Å². The highest BCUT2D eigenvalue weighted by atomic mass is 32.2. The fourth-order valence-corrected chi connectivity index (χ4v) is 4.46. The number of aryl methyl sites for hydroxylation is 1. The Labute approximate surface area is 167 Å². The molecule has 0 aliphatic carbocycles. The molecule has 1 fully saturated rings. The van der Waals surface area contributed by atoms with E-state index in [1.165, 1.54) is 0 Å². The van der Waals surface area contributed by atoms with Crippen LogP contribution in [0, 0.1) is 13.8 Å². The fourth-order valence-electron chi connectivity index (χ4n) is 3.34. The van der Waals surface area contributed by atoms with Gasteiger partial charge in [-0.1, -0.05) is 30.7 Å². The van der Waals surface area contributed by atoms with Crippen LogP contribution in [0.15, 0.2) is 47.4 Å². The van der Waals surface area contributed by atoms with Crippen LogP contribution in [0.1, 0.15) is 28.4 Å². The molecule has 3 rings (SSSR count). The molecule has 0 unspecified atom stereocenters. The number of nitrogens with zero attached hydrogens (tertiary/aromatic N) is 2. The zero-order valence-electron chi connectivity index (χ0n) is 16.6. The van der Waals surface area contributed by atoms with Crippen LogP contribution in [0.5, 0.6) is 0 Å². The van der Waals surface area contributed by atoms with Crippen molar-refractivity contribution in [1.82, 2.24) is 9.80 Å². The fraction of sp³-hybridized carbons (Fsp3) is 0.381. The Morgan fingerprint density at radius 3 is 2.25 bits per heavy atom. The van der Waals surface area contributed by atoms with Crippen molar-refractivity contribution in [3.8, 4) is 0 Å². The van der Waals surface area contributed by atoms with Gasteiger partial charge in [-0.05, 0) is 50.2 Å². The monoisotopic (exact) mass is 401 g/mol. The first-order valence-corrected chi connectivity index (χ1v) is 11.0. The smallest absolute Gasteiger partial charge is 0.261 e. The SMILES string of the molecule is CCN1CCN(C(=O)c2cccc(NS(=O)(=O)c3ccc(C)cc3)c2C)CC1. The van der Waals surface area contributed by atoms with Crippen LogP contribution >= 0.6 is 0 Å². The second-order valence-corrected chi connectivity index (χ2v) is 8.81. The lowest BCUT2D eigenvalue weighted by Gasteiger charge is -2.34. The van der Waals surface area contributed by atoms with Crippen LogP contribution in [-0.2, 0) is 10.0 Å². The molecular formula is C21H27N3O3S. The molecule has 0 radical (unpaired) electrons. The predicted molar refractivity (Wildman–Crippen MR) is 111 cm³/mol. The summed E-state index contributed by atoms with van der Waals surface area (Å²) >= 11 is 0. The Bertz CT molecular complexity index is 947. The van der Waals surface area contributed by atoms with E-state index in [0.717, 1.165) is 25.2 Å². The van der Waals surface area contributed by atoms with Gasteiger partial charge in [-0.15, -0.1) is 0 Å². The molecule has 0 aromatic heterocycles. The first kappa shape index (κ1) is 20.4. The van der Waals surface area contributed by atoms with Crippen LogP contribution in [0.4, 0.5) is 5.69 Å². The Morgan fingerprint density at radius 2 is 1.64 bits per heavy atom. The van der Waals surface area contributed by atoms with E-state index in [4.69, 9.17) is 0 Å². The van der Waals surface area contributed by atoms with Crippen LogP contribution in [0.25, 0.3) is 0 Å². The van der Waals surface area contributed by atoms with E-state index in [2.05, 4.69) is 16.5 Å². The van der Waals surface area contributed by atoms with E-state index in [0.29, 0.717) is 29.9 Å². The number of anilines is 1. The van der Waals surface area contributed by atoms with Crippen molar-refractivity contribution in [2.45, 2.75) is 25.7 Å². The molecular weight excluding hydrogens is 374 g/mol. The second kappa shape index (κ2) is 8.32. The zero-order chi connectivity index (χ0) is 20.3. The van der Waals surface area contributed by atoms with Crippen molar-refractivity contribution in [3.63, 3.8) is 0 Å². The lowest BCUT2D eigenvalue weighted by Crippen LogP contribution is -2.48. The third-order valence-electron chi connectivity index (χ3n) is 5.25. The number of amides is 1. The third-order valence-corrected chi connectivity index (χ3v) is 6.63. The molecule has 0 bridgehead atoms. The second-order valence-electron chi connectivity index (χ2n) is 7.12. The number of hydrogen-bond acceptors (Lipinski definition) is 4. The highest BCUT2D eigenvalue weighted by Crippen LogP contribution is 2.24. The van der Waals surface area contributed by atoms with Gasteiger partial charge in [-0.25, -0.2) is 8.42 Å². The molecule has 6 nitrogen and oxygen atoms in total. The molecule has 1 saturated heterocycles. The largest absolute Gasteiger partial charge is 0.336 e. The van der Waals surface area contributed by atoms with Gasteiger partial charge in [0.2, 0.25) is 0 Å². The van der Waals surface area contributed by atoms with Gasteiger partial charge in [-0.2, -0.15) is 0 Å². The van der Waals surface area contributed by atoms with Crippen molar-refractivity contribution < 1.29 is 13.2 Å². The summed E-state index contributed by atoms with van der Waals surface area (Å²) in [6, 6.07) is 11.8. The first-order chi connectivity index (χ1) is 13.3. The predicted octanol–water partition coefficient (Wildman–Crippen LogP) is 2.88. The highest BCUT2D eigenvalue weighted by Gasteiger charge is 2.24. The van der Waals surface area contributed by atoms with Gasteiger partial charge in [0.15, 0.2) is 0 Å². The molecule has 1 aliphatic heterocycles. The summed E-state index contributed by atoms with van der Waals surface area (Å²) in [7, 11) is -3.71. The molecule has 2 aromatic rings. The van der Waals surface area contributed by atoms with E-state index in [1.54, 1.807) is 49.4 Å². The van der Waals surface area contributed by atoms with Gasteiger partial charge in [0.05, 0.1) is 10.6 Å². The molecule has 1 aliphatic rings. The Hall–Kier alpha value is -2.38. The maximum Gasteiger partial charge on any atom is 0.261 e. The van der Waals surface area contributed by atoms with Gasteiger partial charge < -0.3 is 9.80 Å². The molecule has 0 atom stereocenters. The summed E-state index contributed by atoms with van der Waals surface area (Å²) in [5.74, 6) is -0.0513. The standard InChI is InChI=1S/C21H27N3O3S/c1-4-23-12-14-24(15-13-23)21(25)19-6-5-7-20(17(19)3)22-28(26,27)18-10-8-16(2)9-11-18/h5-11,22H,4,12-15H2,1-3H3. The van der Waals surface area contributed by atoms with Gasteiger partial charge in [0, 0.05) is 31.7 Å². The number of rotatable bonds is 5. The average Bonchev–Trinajstić information content (AvgIpc) is 2.69. The number of piperazine rings is 1. The summed E-state index contributed by atoms with van der Waals surface area (Å²) in [6.07, 6.45) is 0. The van der Waals surface area contributed by atoms with Gasteiger partial charge >= 0.3 is 0 Å². The Morgan fingerprint density at radius 1 is 1.00 bits per heavy atom. The summed E-state index contributed by atoms with van der Waals surface area (Å²) in [6.45, 7) is 9.88. The molecule has 1 amide bonds. The quantitative estimate of drug-likeness (QED) is 0.836. The number of benzene rings is 2. The van der Waals surface area contributed by atoms with E-state index >= 15 is 0 Å². The average molecular weight is 402 g/mol. The summed E-state index contributed by atoms with van der Waals surface area (Å²) in [5, 5.41) is 0. The lowest BCUT2D eigenvalue weighted by atomic mass is 10.1. The molecule has 1 heterocycles. The minimum Gasteiger partial charge on any atom is -0.336 e. The number of sulfonamides is 1. The van der Waals surface area contributed by atoms with Crippen molar-refractivity contribution in [2.75, 3.05) is 37.4 Å². The molecule has 0 spiro atoms.